The Morgan fingerprint density at radius 1 is 0.750 bits per heavy atom. The van der Waals surface area contributed by atoms with E-state index in [1.165, 1.54) is 70.6 Å². The molecular weight excluding hydrogens is 240 g/mol. The topological polar surface area (TPSA) is 0 Å². The maximum absolute atomic E-state index is 2.44. The normalized spacial score (nSPS) is 24.6. The maximum atomic E-state index is 2.44. The average Bonchev–Trinajstić information content (AvgIpc) is 3.21. The van der Waals surface area contributed by atoms with Crippen molar-refractivity contribution in [2.75, 3.05) is 0 Å². The fourth-order valence-corrected chi connectivity index (χ4v) is 3.57. The smallest absolute Gasteiger partial charge is 0.0383 e. The van der Waals surface area contributed by atoms with E-state index in [0.29, 0.717) is 0 Å². The molecule has 0 heterocycles. The van der Waals surface area contributed by atoms with E-state index in [-0.39, 0.29) is 0 Å². The minimum atomic E-state index is 0.921. The molecule has 0 spiro atoms. The van der Waals surface area contributed by atoms with Gasteiger partial charge < -0.3 is 0 Å². The minimum Gasteiger partial charge on any atom is -0.0654 e. The molecule has 4 atom stereocenters. The average molecular weight is 281 g/mol. The molecule has 0 aromatic heterocycles. The predicted octanol–water partition coefficient (Wildman–Crippen LogP) is 7.23. The molecule has 20 heavy (non-hydrogen) atoms. The monoisotopic (exact) mass is 280 g/mol. The van der Waals surface area contributed by atoms with Crippen molar-refractivity contribution in [3.05, 3.63) is 0 Å². The zero-order chi connectivity index (χ0) is 14.8. The van der Waals surface area contributed by atoms with Crippen LogP contribution in [0.4, 0.5) is 0 Å². The molecule has 0 N–H and O–H groups in total. The zero-order valence-corrected chi connectivity index (χ0v) is 14.8. The van der Waals surface area contributed by atoms with Gasteiger partial charge in [0.05, 0.1) is 0 Å². The standard InChI is InChI=1S/C20H40/c1-5-7-14-19-16-20(19)15-12-10-8-9-11-13-18(4)17(3)6-2/h17-20H,5-16H2,1-4H3. The van der Waals surface area contributed by atoms with Crippen molar-refractivity contribution in [2.24, 2.45) is 23.7 Å². The van der Waals surface area contributed by atoms with Gasteiger partial charge in [-0.05, 0) is 30.1 Å². The molecule has 0 saturated heterocycles. The first-order valence-electron chi connectivity index (χ1n) is 9.69. The van der Waals surface area contributed by atoms with Gasteiger partial charge in [-0.3, -0.25) is 0 Å². The summed E-state index contributed by atoms with van der Waals surface area (Å²) in [6.07, 6.45) is 17.7. The van der Waals surface area contributed by atoms with E-state index in [9.17, 15) is 0 Å². The first-order chi connectivity index (χ1) is 9.69. The molecule has 4 unspecified atom stereocenters. The highest BCUT2D eigenvalue weighted by Gasteiger charge is 2.34. The summed E-state index contributed by atoms with van der Waals surface area (Å²) in [5.74, 6) is 4.12. The van der Waals surface area contributed by atoms with E-state index in [0.717, 1.165) is 23.7 Å². The second kappa shape index (κ2) is 10.7. The van der Waals surface area contributed by atoms with Crippen molar-refractivity contribution in [1.29, 1.82) is 0 Å². The number of hydrogen-bond donors (Lipinski definition) is 0. The summed E-state index contributed by atoms with van der Waals surface area (Å²) in [5.41, 5.74) is 0. The first kappa shape index (κ1) is 18.1. The van der Waals surface area contributed by atoms with Gasteiger partial charge in [0.1, 0.15) is 0 Å². The molecule has 0 bridgehead atoms. The van der Waals surface area contributed by atoms with Crippen LogP contribution < -0.4 is 0 Å². The lowest BCUT2D eigenvalue weighted by molar-refractivity contribution is 0.342. The summed E-state index contributed by atoms with van der Waals surface area (Å²) in [5, 5.41) is 0. The third kappa shape index (κ3) is 7.70. The van der Waals surface area contributed by atoms with E-state index in [2.05, 4.69) is 27.7 Å². The van der Waals surface area contributed by atoms with Crippen LogP contribution >= 0.6 is 0 Å². The van der Waals surface area contributed by atoms with Crippen molar-refractivity contribution >= 4 is 0 Å². The third-order valence-electron chi connectivity index (χ3n) is 5.85. The van der Waals surface area contributed by atoms with Gasteiger partial charge in [-0.1, -0.05) is 98.3 Å². The van der Waals surface area contributed by atoms with Crippen LogP contribution in [0.3, 0.4) is 0 Å². The Bertz CT molecular complexity index is 220. The molecule has 0 amide bonds. The first-order valence-corrected chi connectivity index (χ1v) is 9.69. The van der Waals surface area contributed by atoms with Gasteiger partial charge in [0.25, 0.3) is 0 Å². The van der Waals surface area contributed by atoms with Crippen LogP contribution in [0.2, 0.25) is 0 Å². The molecular formula is C20H40. The van der Waals surface area contributed by atoms with E-state index in [1.807, 2.05) is 0 Å². The SMILES string of the molecule is CCCCC1CC1CCCCCCCC(C)C(C)CC. The van der Waals surface area contributed by atoms with E-state index >= 15 is 0 Å². The van der Waals surface area contributed by atoms with Gasteiger partial charge >= 0.3 is 0 Å². The lowest BCUT2D eigenvalue weighted by atomic mass is 9.89. The van der Waals surface area contributed by atoms with Crippen molar-refractivity contribution in [2.45, 2.75) is 105 Å². The quantitative estimate of drug-likeness (QED) is 0.312. The van der Waals surface area contributed by atoms with Gasteiger partial charge in [-0.25, -0.2) is 0 Å². The van der Waals surface area contributed by atoms with Crippen LogP contribution in [0.5, 0.6) is 0 Å². The van der Waals surface area contributed by atoms with Crippen molar-refractivity contribution in [3.63, 3.8) is 0 Å². The number of unbranched alkanes of at least 4 members (excludes halogenated alkanes) is 5. The highest BCUT2D eigenvalue weighted by molar-refractivity contribution is 4.85. The van der Waals surface area contributed by atoms with Gasteiger partial charge in [-0.15, -0.1) is 0 Å². The second-order valence-corrected chi connectivity index (χ2v) is 7.61. The summed E-state index contributed by atoms with van der Waals surface area (Å²) in [4.78, 5) is 0. The molecule has 0 aliphatic heterocycles. The predicted molar refractivity (Wildman–Crippen MR) is 92.1 cm³/mol. The lowest BCUT2D eigenvalue weighted by Crippen LogP contribution is -2.06. The highest BCUT2D eigenvalue weighted by Crippen LogP contribution is 2.45. The Labute approximate surface area is 129 Å². The summed E-state index contributed by atoms with van der Waals surface area (Å²) in [6.45, 7) is 9.50. The molecule has 0 nitrogen and oxygen atoms in total. The summed E-state index contributed by atoms with van der Waals surface area (Å²) in [6, 6.07) is 0. The Morgan fingerprint density at radius 3 is 2.00 bits per heavy atom. The lowest BCUT2D eigenvalue weighted by Gasteiger charge is -2.17. The van der Waals surface area contributed by atoms with Crippen LogP contribution in [0, 0.1) is 23.7 Å². The number of rotatable bonds is 13. The van der Waals surface area contributed by atoms with Gasteiger partial charge in [0, 0.05) is 0 Å². The highest BCUT2D eigenvalue weighted by atomic mass is 14.4. The van der Waals surface area contributed by atoms with Crippen molar-refractivity contribution in [1.82, 2.24) is 0 Å². The molecule has 0 aromatic rings. The molecule has 120 valence electrons. The molecule has 0 heteroatoms. The fourth-order valence-electron chi connectivity index (χ4n) is 3.57. The largest absolute Gasteiger partial charge is 0.0654 e. The Balaban J connectivity index is 1.82. The second-order valence-electron chi connectivity index (χ2n) is 7.61. The molecule has 1 rings (SSSR count). The Kier molecular flexibility index (Phi) is 9.65. The molecule has 0 aromatic carbocycles. The van der Waals surface area contributed by atoms with Crippen molar-refractivity contribution < 1.29 is 0 Å². The van der Waals surface area contributed by atoms with Gasteiger partial charge in [0.15, 0.2) is 0 Å². The molecule has 1 fully saturated rings. The van der Waals surface area contributed by atoms with Crippen LogP contribution in [0.15, 0.2) is 0 Å². The zero-order valence-electron chi connectivity index (χ0n) is 14.8. The Hall–Kier alpha value is 0. The maximum Gasteiger partial charge on any atom is -0.0383 e. The van der Waals surface area contributed by atoms with E-state index < -0.39 is 0 Å². The van der Waals surface area contributed by atoms with Gasteiger partial charge in [0.2, 0.25) is 0 Å². The molecule has 1 aliphatic rings. The van der Waals surface area contributed by atoms with E-state index in [4.69, 9.17) is 0 Å². The fraction of sp³-hybridized carbons (Fsp3) is 1.00. The summed E-state index contributed by atoms with van der Waals surface area (Å²) in [7, 11) is 0. The van der Waals surface area contributed by atoms with Crippen molar-refractivity contribution in [3.8, 4) is 0 Å². The van der Waals surface area contributed by atoms with Crippen LogP contribution in [0.25, 0.3) is 0 Å². The number of hydrogen-bond acceptors (Lipinski definition) is 0. The van der Waals surface area contributed by atoms with Crippen LogP contribution in [-0.4, -0.2) is 0 Å². The summed E-state index contributed by atoms with van der Waals surface area (Å²) < 4.78 is 0. The molecule has 1 aliphatic carbocycles. The Morgan fingerprint density at radius 2 is 1.35 bits per heavy atom. The summed E-state index contributed by atoms with van der Waals surface area (Å²) >= 11 is 0. The molecule has 0 radical (unpaired) electrons. The third-order valence-corrected chi connectivity index (χ3v) is 5.85. The van der Waals surface area contributed by atoms with Crippen LogP contribution in [0.1, 0.15) is 105 Å². The minimum absolute atomic E-state index is 0.921. The van der Waals surface area contributed by atoms with Crippen LogP contribution in [-0.2, 0) is 0 Å². The molecule has 1 saturated carbocycles. The van der Waals surface area contributed by atoms with E-state index in [1.54, 1.807) is 6.42 Å². The van der Waals surface area contributed by atoms with Gasteiger partial charge in [-0.2, -0.15) is 0 Å².